The third-order valence-electron chi connectivity index (χ3n) is 4.44. The lowest BCUT2D eigenvalue weighted by molar-refractivity contribution is -0.137. The van der Waals surface area contributed by atoms with E-state index in [0.717, 1.165) is 24.2 Å². The van der Waals surface area contributed by atoms with Crippen molar-refractivity contribution in [2.45, 2.75) is 24.8 Å². The summed E-state index contributed by atoms with van der Waals surface area (Å²) in [6.07, 6.45) is 0.794. The fourth-order valence-corrected chi connectivity index (χ4v) is 3.09. The second kappa shape index (κ2) is 7.94. The van der Waals surface area contributed by atoms with Gasteiger partial charge in [0.2, 0.25) is 0 Å². The molecule has 25 heavy (non-hydrogen) atoms. The lowest BCUT2D eigenvalue weighted by atomic mass is 9.96. The van der Waals surface area contributed by atoms with E-state index < -0.39 is 12.0 Å². The van der Waals surface area contributed by atoms with Crippen molar-refractivity contribution in [1.82, 2.24) is 5.32 Å². The molecule has 3 rings (SSSR count). The maximum atomic E-state index is 12.6. The van der Waals surface area contributed by atoms with Gasteiger partial charge < -0.3 is 15.2 Å². The van der Waals surface area contributed by atoms with Crippen LogP contribution in [0.4, 0.5) is 0 Å². The normalized spacial score (nSPS) is 17.8. The van der Waals surface area contributed by atoms with E-state index in [9.17, 15) is 9.59 Å². The highest BCUT2D eigenvalue weighted by molar-refractivity contribution is 5.94. The number of benzene rings is 2. The van der Waals surface area contributed by atoms with E-state index in [1.54, 1.807) is 6.07 Å². The van der Waals surface area contributed by atoms with Crippen LogP contribution in [-0.2, 0) is 9.53 Å². The largest absolute Gasteiger partial charge is 0.481 e. The number of hydrogen-bond acceptors (Lipinski definition) is 3. The van der Waals surface area contributed by atoms with Crippen LogP contribution in [-0.4, -0.2) is 30.2 Å². The van der Waals surface area contributed by atoms with Crippen molar-refractivity contribution in [2.75, 3.05) is 13.2 Å². The number of carbonyl (C=O) groups excluding carboxylic acids is 1. The minimum atomic E-state index is -0.953. The number of carbonyl (C=O) groups is 2. The minimum Gasteiger partial charge on any atom is -0.481 e. The molecule has 0 radical (unpaired) electrons. The number of nitrogens with one attached hydrogen (secondary N) is 1. The van der Waals surface area contributed by atoms with Crippen LogP contribution in [0, 0.1) is 0 Å². The maximum absolute atomic E-state index is 12.6. The summed E-state index contributed by atoms with van der Waals surface area (Å²) >= 11 is 0. The number of hydrogen-bond donors (Lipinski definition) is 2. The third kappa shape index (κ3) is 4.45. The molecule has 0 spiro atoms. The summed E-state index contributed by atoms with van der Waals surface area (Å²) in [5.41, 5.74) is 2.40. The van der Waals surface area contributed by atoms with Crippen molar-refractivity contribution in [1.29, 1.82) is 0 Å². The maximum Gasteiger partial charge on any atom is 0.305 e. The van der Waals surface area contributed by atoms with E-state index in [-0.39, 0.29) is 12.3 Å². The Morgan fingerprint density at radius 3 is 2.64 bits per heavy atom. The highest BCUT2D eigenvalue weighted by atomic mass is 16.5. The van der Waals surface area contributed by atoms with E-state index in [1.807, 2.05) is 48.5 Å². The molecule has 2 aromatic rings. The highest BCUT2D eigenvalue weighted by Gasteiger charge is 2.21. The molecule has 1 heterocycles. The van der Waals surface area contributed by atoms with Gasteiger partial charge in [-0.25, -0.2) is 0 Å². The second-order valence-electron chi connectivity index (χ2n) is 6.22. The molecule has 0 bridgehead atoms. The molecule has 1 fully saturated rings. The first kappa shape index (κ1) is 17.2. The van der Waals surface area contributed by atoms with Crippen molar-refractivity contribution < 1.29 is 19.4 Å². The van der Waals surface area contributed by atoms with Gasteiger partial charge in [0.1, 0.15) is 0 Å². The van der Waals surface area contributed by atoms with Crippen LogP contribution in [0.1, 0.15) is 46.3 Å². The Balaban J connectivity index is 1.77. The molecular formula is C20H21NO4. The predicted molar refractivity (Wildman–Crippen MR) is 93.5 cm³/mol. The SMILES string of the molecule is O=C(O)CC(NC(=O)c1cccc(C2CCOC2)c1)c1ccccc1. The van der Waals surface area contributed by atoms with Crippen LogP contribution in [0.25, 0.3) is 0 Å². The molecular weight excluding hydrogens is 318 g/mol. The average molecular weight is 339 g/mol. The summed E-state index contributed by atoms with van der Waals surface area (Å²) in [7, 11) is 0. The third-order valence-corrected chi connectivity index (χ3v) is 4.44. The molecule has 5 nitrogen and oxygen atoms in total. The van der Waals surface area contributed by atoms with Gasteiger partial charge >= 0.3 is 5.97 Å². The molecule has 1 aliphatic rings. The number of amides is 1. The Bertz CT molecular complexity index is 738. The van der Waals surface area contributed by atoms with E-state index >= 15 is 0 Å². The number of ether oxygens (including phenoxy) is 1. The van der Waals surface area contributed by atoms with Gasteiger partial charge in [-0.3, -0.25) is 9.59 Å². The first-order valence-corrected chi connectivity index (χ1v) is 8.39. The van der Waals surface area contributed by atoms with Crippen LogP contribution >= 0.6 is 0 Å². The van der Waals surface area contributed by atoms with Crippen molar-refractivity contribution >= 4 is 11.9 Å². The smallest absolute Gasteiger partial charge is 0.305 e. The van der Waals surface area contributed by atoms with E-state index in [2.05, 4.69) is 5.32 Å². The molecule has 2 unspecified atom stereocenters. The molecule has 0 saturated carbocycles. The summed E-state index contributed by atoms with van der Waals surface area (Å²) in [4.78, 5) is 23.8. The zero-order valence-electron chi connectivity index (χ0n) is 13.9. The lowest BCUT2D eigenvalue weighted by Crippen LogP contribution is -2.30. The van der Waals surface area contributed by atoms with Crippen molar-refractivity contribution in [3.05, 3.63) is 71.3 Å². The van der Waals surface area contributed by atoms with Crippen LogP contribution < -0.4 is 5.32 Å². The van der Waals surface area contributed by atoms with Crippen molar-refractivity contribution in [2.24, 2.45) is 0 Å². The molecule has 1 saturated heterocycles. The molecule has 2 N–H and O–H groups in total. The Hall–Kier alpha value is -2.66. The molecule has 1 amide bonds. The summed E-state index contributed by atoms with van der Waals surface area (Å²) in [6, 6.07) is 16.1. The molecule has 0 aliphatic carbocycles. The molecule has 2 aromatic carbocycles. The van der Waals surface area contributed by atoms with E-state index in [0.29, 0.717) is 18.1 Å². The van der Waals surface area contributed by atoms with Gasteiger partial charge in [-0.15, -0.1) is 0 Å². The lowest BCUT2D eigenvalue weighted by Gasteiger charge is -2.18. The monoisotopic (exact) mass is 339 g/mol. The number of carboxylic acids is 1. The van der Waals surface area contributed by atoms with Crippen LogP contribution in [0.5, 0.6) is 0 Å². The first-order valence-electron chi connectivity index (χ1n) is 8.39. The topological polar surface area (TPSA) is 75.6 Å². The minimum absolute atomic E-state index is 0.161. The molecule has 1 aliphatic heterocycles. The van der Waals surface area contributed by atoms with Gasteiger partial charge in [0.15, 0.2) is 0 Å². The number of aliphatic carboxylic acids is 1. The first-order chi connectivity index (χ1) is 12.1. The number of rotatable bonds is 6. The summed E-state index contributed by atoms with van der Waals surface area (Å²) in [5, 5.41) is 12.0. The molecule has 2 atom stereocenters. The van der Waals surface area contributed by atoms with Crippen LogP contribution in [0.2, 0.25) is 0 Å². The zero-order valence-corrected chi connectivity index (χ0v) is 13.9. The van der Waals surface area contributed by atoms with Gasteiger partial charge in [-0.2, -0.15) is 0 Å². The van der Waals surface area contributed by atoms with Gasteiger partial charge in [0.05, 0.1) is 19.1 Å². The van der Waals surface area contributed by atoms with Crippen LogP contribution in [0.3, 0.4) is 0 Å². The molecule has 130 valence electrons. The van der Waals surface area contributed by atoms with Gasteiger partial charge in [-0.05, 0) is 29.7 Å². The number of carboxylic acid groups (broad SMARTS) is 1. The quantitative estimate of drug-likeness (QED) is 0.848. The van der Waals surface area contributed by atoms with Gasteiger partial charge in [0, 0.05) is 18.1 Å². The Labute approximate surface area is 146 Å². The molecule has 0 aromatic heterocycles. The average Bonchev–Trinajstić information content (AvgIpc) is 3.16. The van der Waals surface area contributed by atoms with Gasteiger partial charge in [-0.1, -0.05) is 42.5 Å². The highest BCUT2D eigenvalue weighted by Crippen LogP contribution is 2.26. The van der Waals surface area contributed by atoms with Crippen molar-refractivity contribution in [3.63, 3.8) is 0 Å². The Morgan fingerprint density at radius 2 is 1.96 bits per heavy atom. The Morgan fingerprint density at radius 1 is 1.16 bits per heavy atom. The standard InChI is InChI=1S/C20H21NO4/c22-19(23)12-18(14-5-2-1-3-6-14)21-20(24)16-8-4-7-15(11-16)17-9-10-25-13-17/h1-8,11,17-18H,9-10,12-13H2,(H,21,24)(H,22,23). The predicted octanol–water partition coefficient (Wildman–Crippen LogP) is 3.14. The van der Waals surface area contributed by atoms with Crippen LogP contribution in [0.15, 0.2) is 54.6 Å². The summed E-state index contributed by atoms with van der Waals surface area (Å²) in [6.45, 7) is 1.42. The van der Waals surface area contributed by atoms with Gasteiger partial charge in [0.25, 0.3) is 5.91 Å². The summed E-state index contributed by atoms with van der Waals surface area (Å²) in [5.74, 6) is -0.904. The molecule has 5 heteroatoms. The Kier molecular flexibility index (Phi) is 5.46. The second-order valence-corrected chi connectivity index (χ2v) is 6.22. The summed E-state index contributed by atoms with van der Waals surface area (Å²) < 4.78 is 5.41. The zero-order chi connectivity index (χ0) is 17.6. The van der Waals surface area contributed by atoms with E-state index in [4.69, 9.17) is 9.84 Å². The fourth-order valence-electron chi connectivity index (χ4n) is 3.09. The van der Waals surface area contributed by atoms with E-state index in [1.165, 1.54) is 0 Å². The van der Waals surface area contributed by atoms with Crippen molar-refractivity contribution in [3.8, 4) is 0 Å². The fraction of sp³-hybridized carbons (Fsp3) is 0.300.